The predicted octanol–water partition coefficient (Wildman–Crippen LogP) is 3.24. The Morgan fingerprint density at radius 3 is 2.95 bits per heavy atom. The van der Waals surface area contributed by atoms with Crippen LogP contribution in [0.25, 0.3) is 0 Å². The van der Waals surface area contributed by atoms with Gasteiger partial charge in [0.15, 0.2) is 0 Å². The number of halogens is 1. The third kappa shape index (κ3) is 2.68. The summed E-state index contributed by atoms with van der Waals surface area (Å²) in [4.78, 5) is 2.26. The molecule has 3 rings (SSSR count). The van der Waals surface area contributed by atoms with Gasteiger partial charge in [0, 0.05) is 37.4 Å². The molecule has 0 bridgehead atoms. The topological polar surface area (TPSA) is 15.3 Å². The van der Waals surface area contributed by atoms with Crippen LogP contribution in [0.2, 0.25) is 0 Å². The fourth-order valence-electron chi connectivity index (χ4n) is 2.72. The maximum absolute atomic E-state index is 14.0. The second-order valence-corrected chi connectivity index (χ2v) is 5.32. The van der Waals surface area contributed by atoms with E-state index < -0.39 is 0 Å². The minimum absolute atomic E-state index is 0.120. The van der Waals surface area contributed by atoms with E-state index in [0.717, 1.165) is 30.8 Å². The van der Waals surface area contributed by atoms with Crippen LogP contribution in [-0.2, 0) is 13.1 Å². The van der Waals surface area contributed by atoms with E-state index in [1.54, 1.807) is 6.07 Å². The molecule has 1 aliphatic rings. The highest BCUT2D eigenvalue weighted by Crippen LogP contribution is 2.24. The first kappa shape index (κ1) is 13.1. The summed E-state index contributed by atoms with van der Waals surface area (Å²) in [6.07, 6.45) is 0. The minimum Gasteiger partial charge on any atom is -0.366 e. The smallest absolute Gasteiger partial charge is 0.128 e. The zero-order valence-electron chi connectivity index (χ0n) is 11.7. The van der Waals surface area contributed by atoms with Crippen molar-refractivity contribution >= 4 is 5.69 Å². The second-order valence-electron chi connectivity index (χ2n) is 5.32. The van der Waals surface area contributed by atoms with E-state index in [-0.39, 0.29) is 5.82 Å². The van der Waals surface area contributed by atoms with Gasteiger partial charge in [-0.05, 0) is 24.6 Å². The van der Waals surface area contributed by atoms with Crippen LogP contribution in [0, 0.1) is 12.7 Å². The molecule has 2 nitrogen and oxygen atoms in total. The first-order valence-electron chi connectivity index (χ1n) is 7.02. The van der Waals surface area contributed by atoms with Crippen molar-refractivity contribution in [3.63, 3.8) is 0 Å². The molecule has 2 aromatic carbocycles. The number of aryl methyl sites for hydroxylation is 1. The molecule has 0 saturated carbocycles. The summed E-state index contributed by atoms with van der Waals surface area (Å²) in [5.74, 6) is -0.120. The lowest BCUT2D eigenvalue weighted by Gasteiger charge is -2.25. The van der Waals surface area contributed by atoms with Crippen molar-refractivity contribution in [1.29, 1.82) is 0 Å². The van der Waals surface area contributed by atoms with Gasteiger partial charge in [-0.25, -0.2) is 4.39 Å². The van der Waals surface area contributed by atoms with Crippen LogP contribution >= 0.6 is 0 Å². The lowest BCUT2D eigenvalue weighted by atomic mass is 10.1. The predicted molar refractivity (Wildman–Crippen MR) is 80.3 cm³/mol. The maximum Gasteiger partial charge on any atom is 0.128 e. The lowest BCUT2D eigenvalue weighted by Crippen LogP contribution is -2.28. The van der Waals surface area contributed by atoms with E-state index in [4.69, 9.17) is 0 Å². The molecule has 3 heteroatoms. The summed E-state index contributed by atoms with van der Waals surface area (Å²) in [6, 6.07) is 13.7. The van der Waals surface area contributed by atoms with Crippen molar-refractivity contribution in [1.82, 2.24) is 5.32 Å². The van der Waals surface area contributed by atoms with Crippen LogP contribution in [0.1, 0.15) is 16.7 Å². The minimum atomic E-state index is -0.120. The molecule has 0 aliphatic carbocycles. The highest BCUT2D eigenvalue weighted by molar-refractivity contribution is 5.54. The van der Waals surface area contributed by atoms with Gasteiger partial charge in [0.25, 0.3) is 0 Å². The number of fused-ring (bicyclic) bond motifs is 1. The summed E-state index contributed by atoms with van der Waals surface area (Å²) in [5.41, 5.74) is 4.35. The van der Waals surface area contributed by atoms with Crippen molar-refractivity contribution in [2.45, 2.75) is 20.0 Å². The van der Waals surface area contributed by atoms with E-state index >= 15 is 0 Å². The van der Waals surface area contributed by atoms with Crippen molar-refractivity contribution in [3.8, 4) is 0 Å². The Hall–Kier alpha value is -1.87. The van der Waals surface area contributed by atoms with Crippen LogP contribution in [0.15, 0.2) is 42.5 Å². The van der Waals surface area contributed by atoms with Gasteiger partial charge in [-0.2, -0.15) is 0 Å². The molecule has 0 unspecified atom stereocenters. The van der Waals surface area contributed by atoms with Crippen LogP contribution in [-0.4, -0.2) is 13.1 Å². The molecule has 0 fully saturated rings. The molecule has 1 heterocycles. The molecule has 0 spiro atoms. The molecule has 0 aromatic heterocycles. The van der Waals surface area contributed by atoms with Crippen LogP contribution < -0.4 is 10.2 Å². The quantitative estimate of drug-likeness (QED) is 0.901. The Kier molecular flexibility index (Phi) is 3.70. The molecule has 2 aromatic rings. The van der Waals surface area contributed by atoms with Gasteiger partial charge in [0.05, 0.1) is 0 Å². The van der Waals surface area contributed by atoms with Crippen LogP contribution in [0.5, 0.6) is 0 Å². The number of anilines is 1. The molecule has 0 atom stereocenters. The molecular weight excluding hydrogens is 251 g/mol. The highest BCUT2D eigenvalue weighted by atomic mass is 19.1. The van der Waals surface area contributed by atoms with E-state index in [1.165, 1.54) is 11.3 Å². The highest BCUT2D eigenvalue weighted by Gasteiger charge is 2.16. The molecule has 0 amide bonds. The second kappa shape index (κ2) is 5.63. The third-order valence-electron chi connectivity index (χ3n) is 3.77. The molecular formula is C17H19FN2. The van der Waals surface area contributed by atoms with Crippen LogP contribution in [0.3, 0.4) is 0 Å². The van der Waals surface area contributed by atoms with Crippen LogP contribution in [0.4, 0.5) is 10.1 Å². The number of rotatable bonds is 2. The summed E-state index contributed by atoms with van der Waals surface area (Å²) < 4.78 is 14.0. The van der Waals surface area contributed by atoms with Gasteiger partial charge in [-0.3, -0.25) is 0 Å². The van der Waals surface area contributed by atoms with E-state index in [2.05, 4.69) is 28.4 Å². The van der Waals surface area contributed by atoms with Gasteiger partial charge < -0.3 is 10.2 Å². The van der Waals surface area contributed by atoms with Gasteiger partial charge in [0.2, 0.25) is 0 Å². The largest absolute Gasteiger partial charge is 0.366 e. The zero-order chi connectivity index (χ0) is 13.9. The van der Waals surface area contributed by atoms with Gasteiger partial charge in [0.1, 0.15) is 5.82 Å². The fraction of sp³-hybridized carbons (Fsp3) is 0.294. The Morgan fingerprint density at radius 2 is 2.05 bits per heavy atom. The van der Waals surface area contributed by atoms with E-state index in [0.29, 0.717) is 6.54 Å². The Balaban J connectivity index is 1.92. The summed E-state index contributed by atoms with van der Waals surface area (Å²) in [7, 11) is 0. The number of nitrogens with zero attached hydrogens (tertiary/aromatic N) is 1. The third-order valence-corrected chi connectivity index (χ3v) is 3.77. The van der Waals surface area contributed by atoms with Crippen molar-refractivity contribution in [2.75, 3.05) is 18.0 Å². The summed E-state index contributed by atoms with van der Waals surface area (Å²) in [6.45, 7) is 5.31. The maximum atomic E-state index is 14.0. The first-order chi connectivity index (χ1) is 9.74. The number of nitrogens with one attached hydrogen (secondary N) is 1. The molecule has 104 valence electrons. The summed E-state index contributed by atoms with van der Waals surface area (Å²) in [5, 5.41) is 3.41. The monoisotopic (exact) mass is 270 g/mol. The molecule has 1 aliphatic heterocycles. The van der Waals surface area contributed by atoms with Crippen molar-refractivity contribution in [2.24, 2.45) is 0 Å². The number of para-hydroxylation sites is 1. The van der Waals surface area contributed by atoms with Crippen molar-refractivity contribution < 1.29 is 4.39 Å². The SMILES string of the molecule is Cc1ccc(F)c(CN2CCNCc3ccccc32)c1. The summed E-state index contributed by atoms with van der Waals surface area (Å²) >= 11 is 0. The van der Waals surface area contributed by atoms with Gasteiger partial charge >= 0.3 is 0 Å². The Labute approximate surface area is 119 Å². The van der Waals surface area contributed by atoms with E-state index in [9.17, 15) is 4.39 Å². The molecule has 0 radical (unpaired) electrons. The van der Waals surface area contributed by atoms with Gasteiger partial charge in [-0.1, -0.05) is 35.9 Å². The van der Waals surface area contributed by atoms with E-state index in [1.807, 2.05) is 25.1 Å². The molecule has 0 saturated heterocycles. The number of hydrogen-bond donors (Lipinski definition) is 1. The molecule has 20 heavy (non-hydrogen) atoms. The van der Waals surface area contributed by atoms with Gasteiger partial charge in [-0.15, -0.1) is 0 Å². The number of benzene rings is 2. The van der Waals surface area contributed by atoms with Crippen molar-refractivity contribution in [3.05, 3.63) is 65.0 Å². The first-order valence-corrected chi connectivity index (χ1v) is 7.02. The Bertz CT molecular complexity index is 610. The lowest BCUT2D eigenvalue weighted by molar-refractivity contribution is 0.601. The zero-order valence-corrected chi connectivity index (χ0v) is 11.7. The standard InChI is InChI=1S/C17H19FN2/c1-13-6-7-16(18)15(10-13)12-20-9-8-19-11-14-4-2-3-5-17(14)20/h2-7,10,19H,8-9,11-12H2,1H3. The molecule has 1 N–H and O–H groups in total. The number of hydrogen-bond acceptors (Lipinski definition) is 2. The normalized spacial score (nSPS) is 14.8. The average Bonchev–Trinajstić information content (AvgIpc) is 2.66. The average molecular weight is 270 g/mol. The Morgan fingerprint density at radius 1 is 1.20 bits per heavy atom. The fourth-order valence-corrected chi connectivity index (χ4v) is 2.72.